The first kappa shape index (κ1) is 22.1. The van der Waals surface area contributed by atoms with Crippen LogP contribution >= 0.6 is 24.0 Å². The number of carbonyl (C=O) groups is 1. The van der Waals surface area contributed by atoms with Gasteiger partial charge in [0.05, 0.1) is 17.2 Å². The lowest BCUT2D eigenvalue weighted by Gasteiger charge is -2.34. The van der Waals surface area contributed by atoms with E-state index in [0.717, 1.165) is 25.3 Å². The van der Waals surface area contributed by atoms with Gasteiger partial charge in [0.25, 0.3) is 5.91 Å². The number of halogens is 2. The molecular formula is C19H30Cl2N2O2. The molecule has 0 aromatic heterocycles. The highest BCUT2D eigenvalue weighted by molar-refractivity contribution is 6.34. The zero-order valence-electron chi connectivity index (χ0n) is 15.4. The zero-order chi connectivity index (χ0) is 17.6. The molecule has 0 spiro atoms. The molecule has 1 aliphatic rings. The van der Waals surface area contributed by atoms with Crippen LogP contribution < -0.4 is 10.1 Å². The molecule has 0 aliphatic carbocycles. The monoisotopic (exact) mass is 388 g/mol. The van der Waals surface area contributed by atoms with Gasteiger partial charge in [-0.25, -0.2) is 0 Å². The largest absolute Gasteiger partial charge is 0.494 e. The summed E-state index contributed by atoms with van der Waals surface area (Å²) >= 11 is 6.19. The van der Waals surface area contributed by atoms with Crippen LogP contribution in [0, 0.1) is 5.41 Å². The van der Waals surface area contributed by atoms with Crippen molar-refractivity contribution in [3.05, 3.63) is 28.8 Å². The quantitative estimate of drug-likeness (QED) is 0.703. The Morgan fingerprint density at radius 2 is 1.96 bits per heavy atom. The van der Waals surface area contributed by atoms with Crippen molar-refractivity contribution in [3.8, 4) is 5.75 Å². The van der Waals surface area contributed by atoms with Gasteiger partial charge < -0.3 is 15.0 Å². The minimum Gasteiger partial charge on any atom is -0.494 e. The minimum atomic E-state index is -0.0956. The number of hydrogen-bond donors (Lipinski definition) is 1. The molecular weight excluding hydrogens is 359 g/mol. The average Bonchev–Trinajstić information content (AvgIpc) is 2.54. The van der Waals surface area contributed by atoms with Crippen molar-refractivity contribution in [2.75, 3.05) is 33.8 Å². The summed E-state index contributed by atoms with van der Waals surface area (Å²) in [5.41, 5.74) is 0.996. The molecule has 4 nitrogen and oxygen atoms in total. The van der Waals surface area contributed by atoms with E-state index in [-0.39, 0.29) is 18.3 Å². The van der Waals surface area contributed by atoms with Crippen molar-refractivity contribution < 1.29 is 9.53 Å². The third-order valence-electron chi connectivity index (χ3n) is 4.83. The van der Waals surface area contributed by atoms with Crippen molar-refractivity contribution in [2.45, 2.75) is 39.0 Å². The fraction of sp³-hybridized carbons (Fsp3) is 0.632. The molecule has 1 saturated heterocycles. The van der Waals surface area contributed by atoms with E-state index in [1.165, 1.54) is 30.6 Å². The van der Waals surface area contributed by atoms with Crippen LogP contribution in [0.5, 0.6) is 5.75 Å². The van der Waals surface area contributed by atoms with Crippen LogP contribution in [0.25, 0.3) is 0 Å². The first-order valence-corrected chi connectivity index (χ1v) is 9.14. The summed E-state index contributed by atoms with van der Waals surface area (Å²) < 4.78 is 5.78. The van der Waals surface area contributed by atoms with Gasteiger partial charge in [-0.15, -0.1) is 12.4 Å². The van der Waals surface area contributed by atoms with Gasteiger partial charge >= 0.3 is 0 Å². The Morgan fingerprint density at radius 3 is 2.56 bits per heavy atom. The van der Waals surface area contributed by atoms with E-state index in [4.69, 9.17) is 16.3 Å². The SMILES string of the molecule is CN(C)C(=O)c1ccc(OCCCCC2(C)CCNCC2)cc1Cl.Cl. The van der Waals surface area contributed by atoms with Crippen LogP contribution in [0.2, 0.25) is 5.02 Å². The summed E-state index contributed by atoms with van der Waals surface area (Å²) in [5, 5.41) is 3.86. The normalized spacial score (nSPS) is 16.0. The lowest BCUT2D eigenvalue weighted by atomic mass is 9.77. The second-order valence-corrected chi connectivity index (χ2v) is 7.61. The number of unbranched alkanes of at least 4 members (excludes halogenated alkanes) is 1. The van der Waals surface area contributed by atoms with Gasteiger partial charge in [-0.2, -0.15) is 0 Å². The Bertz CT molecular complexity index is 558. The molecule has 1 heterocycles. The molecule has 1 aliphatic heterocycles. The minimum absolute atomic E-state index is 0. The number of ether oxygens (including phenoxy) is 1. The number of benzene rings is 1. The van der Waals surface area contributed by atoms with Gasteiger partial charge in [0, 0.05) is 14.1 Å². The second-order valence-electron chi connectivity index (χ2n) is 7.21. The van der Waals surface area contributed by atoms with Crippen LogP contribution in [0.1, 0.15) is 49.4 Å². The van der Waals surface area contributed by atoms with Crippen molar-refractivity contribution in [1.29, 1.82) is 0 Å². The lowest BCUT2D eigenvalue weighted by Crippen LogP contribution is -2.34. The molecule has 1 N–H and O–H groups in total. The molecule has 0 radical (unpaired) electrons. The molecule has 2 rings (SSSR count). The van der Waals surface area contributed by atoms with Gasteiger partial charge in [-0.1, -0.05) is 18.5 Å². The topological polar surface area (TPSA) is 41.6 Å². The molecule has 1 aromatic rings. The number of rotatable bonds is 7. The predicted octanol–water partition coefficient (Wildman–Crippen LogP) is 4.40. The van der Waals surface area contributed by atoms with E-state index in [1.807, 2.05) is 6.07 Å². The third-order valence-corrected chi connectivity index (χ3v) is 5.14. The number of hydrogen-bond acceptors (Lipinski definition) is 3. The van der Waals surface area contributed by atoms with Gasteiger partial charge in [0.2, 0.25) is 0 Å². The highest BCUT2D eigenvalue weighted by Gasteiger charge is 2.25. The van der Waals surface area contributed by atoms with Crippen molar-refractivity contribution in [1.82, 2.24) is 10.2 Å². The number of carbonyl (C=O) groups excluding carboxylic acids is 1. The molecule has 0 atom stereocenters. The first-order valence-electron chi connectivity index (χ1n) is 8.76. The molecule has 1 aromatic carbocycles. The lowest BCUT2D eigenvalue weighted by molar-refractivity contribution is 0.0827. The van der Waals surface area contributed by atoms with Gasteiger partial charge in [0.15, 0.2) is 0 Å². The van der Waals surface area contributed by atoms with E-state index in [0.29, 0.717) is 22.6 Å². The number of nitrogens with zero attached hydrogens (tertiary/aromatic N) is 1. The van der Waals surface area contributed by atoms with E-state index in [9.17, 15) is 4.79 Å². The Balaban J connectivity index is 0.00000312. The third kappa shape index (κ3) is 6.69. The summed E-state index contributed by atoms with van der Waals surface area (Å²) in [4.78, 5) is 13.5. The van der Waals surface area contributed by atoms with Crippen LogP contribution in [0.15, 0.2) is 18.2 Å². The van der Waals surface area contributed by atoms with E-state index < -0.39 is 0 Å². The Hall–Kier alpha value is -0.970. The maximum Gasteiger partial charge on any atom is 0.254 e. The van der Waals surface area contributed by atoms with Crippen molar-refractivity contribution in [2.24, 2.45) is 5.41 Å². The highest BCUT2D eigenvalue weighted by atomic mass is 35.5. The zero-order valence-corrected chi connectivity index (χ0v) is 17.0. The summed E-state index contributed by atoms with van der Waals surface area (Å²) in [5.74, 6) is 0.630. The second kappa shape index (κ2) is 10.2. The Morgan fingerprint density at radius 1 is 1.28 bits per heavy atom. The van der Waals surface area contributed by atoms with Gasteiger partial charge in [-0.05, 0) is 68.8 Å². The smallest absolute Gasteiger partial charge is 0.254 e. The molecule has 25 heavy (non-hydrogen) atoms. The molecule has 0 unspecified atom stereocenters. The van der Waals surface area contributed by atoms with Crippen LogP contribution in [-0.2, 0) is 0 Å². The summed E-state index contributed by atoms with van der Waals surface area (Å²) in [6.07, 6.45) is 6.02. The Labute approximate surface area is 162 Å². The number of piperidine rings is 1. The standard InChI is InChI=1S/C19H29ClN2O2.ClH/c1-19(9-11-21-12-10-19)8-4-5-13-24-15-6-7-16(17(20)14-15)18(23)22(2)3;/h6-7,14,21H,4-5,8-13H2,1-3H3;1H. The van der Waals surface area contributed by atoms with E-state index in [1.54, 1.807) is 26.2 Å². The number of nitrogens with one attached hydrogen (secondary N) is 1. The molecule has 1 amide bonds. The summed E-state index contributed by atoms with van der Waals surface area (Å²) in [6, 6.07) is 5.28. The predicted molar refractivity (Wildman–Crippen MR) is 106 cm³/mol. The molecule has 0 bridgehead atoms. The highest BCUT2D eigenvalue weighted by Crippen LogP contribution is 2.33. The van der Waals surface area contributed by atoms with Crippen molar-refractivity contribution in [3.63, 3.8) is 0 Å². The van der Waals surface area contributed by atoms with E-state index >= 15 is 0 Å². The fourth-order valence-corrected chi connectivity index (χ4v) is 3.38. The van der Waals surface area contributed by atoms with Crippen LogP contribution in [0.3, 0.4) is 0 Å². The van der Waals surface area contributed by atoms with Crippen LogP contribution in [0.4, 0.5) is 0 Å². The molecule has 1 fully saturated rings. The van der Waals surface area contributed by atoms with Crippen molar-refractivity contribution >= 4 is 29.9 Å². The number of amides is 1. The van der Waals surface area contributed by atoms with Gasteiger partial charge in [0.1, 0.15) is 5.75 Å². The average molecular weight is 389 g/mol. The molecule has 0 saturated carbocycles. The maximum absolute atomic E-state index is 12.0. The molecule has 142 valence electrons. The summed E-state index contributed by atoms with van der Waals surface area (Å²) in [7, 11) is 3.43. The first-order chi connectivity index (χ1) is 11.4. The summed E-state index contributed by atoms with van der Waals surface area (Å²) in [6.45, 7) is 5.37. The van der Waals surface area contributed by atoms with Crippen LogP contribution in [-0.4, -0.2) is 44.6 Å². The maximum atomic E-state index is 12.0. The van der Waals surface area contributed by atoms with E-state index in [2.05, 4.69) is 12.2 Å². The molecule has 6 heteroatoms. The fourth-order valence-electron chi connectivity index (χ4n) is 3.12. The Kier molecular flexibility index (Phi) is 9.04. The van der Waals surface area contributed by atoms with Gasteiger partial charge in [-0.3, -0.25) is 4.79 Å².